The zero-order valence-corrected chi connectivity index (χ0v) is 44.6. The van der Waals surface area contributed by atoms with Crippen molar-refractivity contribution in [3.63, 3.8) is 0 Å². The van der Waals surface area contributed by atoms with E-state index in [4.69, 9.17) is 0 Å². The second-order valence-corrected chi connectivity index (χ2v) is 21.0. The molecule has 1 heteroatoms. The summed E-state index contributed by atoms with van der Waals surface area (Å²) < 4.78 is 0. The highest BCUT2D eigenvalue weighted by Gasteiger charge is 2.14. The van der Waals surface area contributed by atoms with Crippen molar-refractivity contribution in [2.45, 2.75) is 38.5 Å². The quantitative estimate of drug-likeness (QED) is 0.0828. The van der Waals surface area contributed by atoms with Gasteiger partial charge in [-0.2, -0.15) is 0 Å². The van der Waals surface area contributed by atoms with Gasteiger partial charge in [0, 0.05) is 17.1 Å². The molecule has 12 aromatic carbocycles. The van der Waals surface area contributed by atoms with Gasteiger partial charge in [0.1, 0.15) is 0 Å². The van der Waals surface area contributed by atoms with Gasteiger partial charge in [0.2, 0.25) is 0 Å². The molecule has 0 aromatic heterocycles. The number of anilines is 3. The van der Waals surface area contributed by atoms with E-state index in [-0.39, 0.29) is 0 Å². The minimum Gasteiger partial charge on any atom is -0.311 e. The molecule has 0 aliphatic rings. The first-order valence-corrected chi connectivity index (χ1v) is 27.8. The van der Waals surface area contributed by atoms with Gasteiger partial charge in [-0.1, -0.05) is 273 Å². The molecule has 12 rings (SSSR count). The van der Waals surface area contributed by atoms with Crippen LogP contribution in [0.1, 0.15) is 66.8 Å². The Hall–Kier alpha value is -9.56. The van der Waals surface area contributed by atoms with Crippen LogP contribution in [0, 0.1) is 0 Å². The molecule has 0 spiro atoms. The molecule has 0 heterocycles. The Morgan fingerprint density at radius 3 is 0.443 bits per heavy atom. The summed E-state index contributed by atoms with van der Waals surface area (Å²) in [6, 6.07) is 114. The Kier molecular flexibility index (Phi) is 15.4. The summed E-state index contributed by atoms with van der Waals surface area (Å²) in [5.74, 6) is 0. The van der Waals surface area contributed by atoms with E-state index in [1.807, 2.05) is 0 Å². The molecule has 0 atom stereocenters. The maximum absolute atomic E-state index is 2.39. The van der Waals surface area contributed by atoms with Gasteiger partial charge in [0.25, 0.3) is 0 Å². The van der Waals surface area contributed by atoms with E-state index in [1.165, 1.54) is 100 Å². The van der Waals surface area contributed by atoms with Crippen molar-refractivity contribution in [1.29, 1.82) is 0 Å². The Morgan fingerprint density at radius 2 is 0.278 bits per heavy atom. The second-order valence-electron chi connectivity index (χ2n) is 21.0. The molecule has 0 saturated heterocycles. The van der Waals surface area contributed by atoms with Crippen molar-refractivity contribution in [3.05, 3.63) is 376 Å². The highest BCUT2D eigenvalue weighted by Crippen LogP contribution is 2.36. The predicted octanol–water partition coefficient (Wildman–Crippen LogP) is 19.7. The monoisotopic (exact) mass is 1010 g/mol. The normalized spacial score (nSPS) is 11.1. The molecule has 0 bridgehead atoms. The van der Waals surface area contributed by atoms with E-state index in [0.29, 0.717) is 0 Å². The van der Waals surface area contributed by atoms with Crippen molar-refractivity contribution in [2.24, 2.45) is 0 Å². The first-order valence-electron chi connectivity index (χ1n) is 27.8. The lowest BCUT2D eigenvalue weighted by Crippen LogP contribution is -2.10. The van der Waals surface area contributed by atoms with Crippen LogP contribution < -0.4 is 4.90 Å². The molecule has 0 saturated carbocycles. The van der Waals surface area contributed by atoms with Crippen LogP contribution in [-0.2, 0) is 38.5 Å². The number of hydrogen-bond donors (Lipinski definition) is 0. The molecule has 0 aliphatic carbocycles. The highest BCUT2D eigenvalue weighted by molar-refractivity contribution is 5.77. The topological polar surface area (TPSA) is 3.24 Å². The van der Waals surface area contributed by atoms with Gasteiger partial charge in [-0.25, -0.2) is 0 Å². The van der Waals surface area contributed by atoms with Gasteiger partial charge in [0.15, 0.2) is 0 Å². The van der Waals surface area contributed by atoms with E-state index in [1.54, 1.807) is 0 Å². The molecule has 0 amide bonds. The molecule has 79 heavy (non-hydrogen) atoms. The van der Waals surface area contributed by atoms with Crippen LogP contribution in [0.2, 0.25) is 0 Å². The maximum atomic E-state index is 2.39. The molecule has 0 unspecified atom stereocenters. The van der Waals surface area contributed by atoms with Crippen LogP contribution in [0.15, 0.2) is 309 Å². The largest absolute Gasteiger partial charge is 0.311 e. The third-order valence-corrected chi connectivity index (χ3v) is 15.3. The predicted molar refractivity (Wildman–Crippen MR) is 333 cm³/mol. The molecule has 0 radical (unpaired) electrons. The average Bonchev–Trinajstić information content (AvgIpc) is 3.51. The highest BCUT2D eigenvalue weighted by atomic mass is 15.1. The van der Waals surface area contributed by atoms with E-state index in [9.17, 15) is 0 Å². The second kappa shape index (κ2) is 24.2. The van der Waals surface area contributed by atoms with Gasteiger partial charge in [0.05, 0.1) is 0 Å². The molecular formula is C78H63N. The first-order chi connectivity index (χ1) is 39.0. The summed E-state index contributed by atoms with van der Waals surface area (Å²) in [6.45, 7) is 0. The van der Waals surface area contributed by atoms with Crippen LogP contribution >= 0.6 is 0 Å². The number of hydrogen-bond acceptors (Lipinski definition) is 1. The van der Waals surface area contributed by atoms with Gasteiger partial charge in [-0.05, 0) is 175 Å². The fourth-order valence-electron chi connectivity index (χ4n) is 10.8. The zero-order chi connectivity index (χ0) is 53.0. The maximum Gasteiger partial charge on any atom is 0.0461 e. The molecular weight excluding hydrogens is 951 g/mol. The Labute approximate surface area is 467 Å². The Balaban J connectivity index is 0.734. The standard InChI is InChI=1S/C78H63N/c1-4-10-58(11-5-1)52-61-16-34-70(35-17-61)73-40-22-64(23-41-73)55-67-28-46-76(47-29-67)79(77-48-30-68(31-49-77)56-65-24-42-74(43-25-65)71-36-18-62(19-37-71)53-59-12-6-2-7-13-59)78-50-32-69(33-51-78)57-66-26-44-75(45-27-66)72-38-20-63(21-39-72)54-60-14-8-3-9-15-60/h1-51H,52-57H2. The minimum atomic E-state index is 0.865. The van der Waals surface area contributed by atoms with Crippen molar-refractivity contribution in [1.82, 2.24) is 0 Å². The third kappa shape index (κ3) is 13.0. The number of nitrogens with zero attached hydrogens (tertiary/aromatic N) is 1. The fraction of sp³-hybridized carbons (Fsp3) is 0.0769. The Morgan fingerprint density at radius 1 is 0.139 bits per heavy atom. The van der Waals surface area contributed by atoms with E-state index < -0.39 is 0 Å². The van der Waals surface area contributed by atoms with E-state index in [2.05, 4.69) is 314 Å². The summed E-state index contributed by atoms with van der Waals surface area (Å²) in [6.07, 6.45) is 5.43. The van der Waals surface area contributed by atoms with Crippen molar-refractivity contribution in [2.75, 3.05) is 4.90 Å². The summed E-state index contributed by atoms with van der Waals surface area (Å²) in [5, 5.41) is 0. The van der Waals surface area contributed by atoms with Crippen LogP contribution in [0.25, 0.3) is 33.4 Å². The number of rotatable bonds is 18. The molecule has 380 valence electrons. The van der Waals surface area contributed by atoms with Gasteiger partial charge < -0.3 is 4.90 Å². The van der Waals surface area contributed by atoms with Crippen LogP contribution in [0.5, 0.6) is 0 Å². The summed E-state index contributed by atoms with van der Waals surface area (Å²) in [5.41, 5.74) is 26.5. The average molecular weight is 1010 g/mol. The third-order valence-electron chi connectivity index (χ3n) is 15.3. The SMILES string of the molecule is c1ccc(Cc2ccc(-c3ccc(Cc4ccc(N(c5ccc(Cc6ccc(-c7ccc(Cc8ccccc8)cc7)cc6)cc5)c5ccc(Cc6ccc(-c7ccc(Cc8ccccc8)cc7)cc6)cc5)cc4)cc3)cc2)cc1. The lowest BCUT2D eigenvalue weighted by Gasteiger charge is -2.26. The van der Waals surface area contributed by atoms with Crippen LogP contribution in [0.3, 0.4) is 0 Å². The van der Waals surface area contributed by atoms with Crippen molar-refractivity contribution < 1.29 is 0 Å². The minimum absolute atomic E-state index is 0.865. The van der Waals surface area contributed by atoms with Gasteiger partial charge >= 0.3 is 0 Å². The molecule has 0 fully saturated rings. The first kappa shape index (κ1) is 50.3. The van der Waals surface area contributed by atoms with E-state index in [0.717, 1.165) is 55.6 Å². The van der Waals surface area contributed by atoms with Crippen molar-refractivity contribution >= 4 is 17.1 Å². The van der Waals surface area contributed by atoms with E-state index >= 15 is 0 Å². The molecule has 1 nitrogen and oxygen atoms in total. The van der Waals surface area contributed by atoms with Gasteiger partial charge in [-0.3, -0.25) is 0 Å². The molecule has 0 N–H and O–H groups in total. The smallest absolute Gasteiger partial charge is 0.0461 e. The summed E-state index contributed by atoms with van der Waals surface area (Å²) >= 11 is 0. The van der Waals surface area contributed by atoms with Gasteiger partial charge in [-0.15, -0.1) is 0 Å². The van der Waals surface area contributed by atoms with Crippen LogP contribution in [0.4, 0.5) is 17.1 Å². The fourth-order valence-corrected chi connectivity index (χ4v) is 10.8. The summed E-state index contributed by atoms with van der Waals surface area (Å²) in [7, 11) is 0. The molecule has 12 aromatic rings. The Bertz CT molecular complexity index is 3400. The van der Waals surface area contributed by atoms with Crippen LogP contribution in [-0.4, -0.2) is 0 Å². The number of benzene rings is 12. The lowest BCUT2D eigenvalue weighted by atomic mass is 9.98. The summed E-state index contributed by atoms with van der Waals surface area (Å²) in [4.78, 5) is 2.39. The lowest BCUT2D eigenvalue weighted by molar-refractivity contribution is 1.17. The molecule has 0 aliphatic heterocycles. The zero-order valence-electron chi connectivity index (χ0n) is 44.6. The van der Waals surface area contributed by atoms with Crippen molar-refractivity contribution in [3.8, 4) is 33.4 Å².